The minimum absolute atomic E-state index is 0.00890. The Morgan fingerprint density at radius 3 is 2.39 bits per heavy atom. The van der Waals surface area contributed by atoms with E-state index in [1.807, 2.05) is 39.9 Å². The largest absolute Gasteiger partial charge is 0.334 e. The van der Waals surface area contributed by atoms with Gasteiger partial charge in [0.05, 0.1) is 6.33 Å². The zero-order valence-electron chi connectivity index (χ0n) is 16.2. The molecular weight excluding hydrogens is 353 g/mol. The van der Waals surface area contributed by atoms with E-state index in [9.17, 15) is 9.18 Å². The summed E-state index contributed by atoms with van der Waals surface area (Å²) in [6.07, 6.45) is 8.58. The number of halogens is 1. The maximum atomic E-state index is 13.2. The first-order chi connectivity index (χ1) is 13.7. The van der Waals surface area contributed by atoms with Crippen molar-refractivity contribution in [3.63, 3.8) is 0 Å². The maximum absolute atomic E-state index is 13.2. The number of unbranched alkanes of at least 4 members (excludes halogenated alkanes) is 2. The fourth-order valence-corrected chi connectivity index (χ4v) is 3.14. The quantitative estimate of drug-likeness (QED) is 0.496. The van der Waals surface area contributed by atoms with Gasteiger partial charge in [-0.05, 0) is 41.8 Å². The molecule has 0 spiro atoms. The van der Waals surface area contributed by atoms with Crippen LogP contribution in [0.3, 0.4) is 0 Å². The van der Waals surface area contributed by atoms with Crippen LogP contribution < -0.4 is 0 Å². The van der Waals surface area contributed by atoms with Crippen LogP contribution in [0, 0.1) is 5.82 Å². The first-order valence-electron chi connectivity index (χ1n) is 9.74. The molecule has 5 heteroatoms. The number of rotatable bonds is 9. The van der Waals surface area contributed by atoms with Crippen molar-refractivity contribution in [1.82, 2.24) is 14.5 Å². The minimum Gasteiger partial charge on any atom is -0.334 e. The number of amides is 1. The van der Waals surface area contributed by atoms with Gasteiger partial charge in [0.15, 0.2) is 0 Å². The molecule has 146 valence electrons. The monoisotopic (exact) mass is 379 g/mol. The highest BCUT2D eigenvalue weighted by atomic mass is 19.1. The molecule has 0 saturated heterocycles. The molecule has 1 amide bonds. The molecule has 2 aromatic carbocycles. The van der Waals surface area contributed by atoms with Crippen LogP contribution >= 0.6 is 0 Å². The summed E-state index contributed by atoms with van der Waals surface area (Å²) in [5.41, 5.74) is 2.72. The van der Waals surface area contributed by atoms with Gasteiger partial charge in [-0.15, -0.1) is 0 Å². The summed E-state index contributed by atoms with van der Waals surface area (Å²) in [5, 5.41) is 0. The van der Waals surface area contributed by atoms with Crippen molar-refractivity contribution in [3.05, 3.63) is 89.8 Å². The van der Waals surface area contributed by atoms with Crippen LogP contribution in [-0.2, 0) is 13.1 Å². The standard InChI is InChI=1S/C23H26FN3O/c1-2-3-4-14-27(17-20-7-11-22(24)12-8-20)23(28)21-9-5-19(6-10-21)16-26-15-13-25-18-26/h5-13,15,18H,2-4,14,16-17H2,1H3. The zero-order chi connectivity index (χ0) is 19.8. The van der Waals surface area contributed by atoms with Crippen LogP contribution in [-0.4, -0.2) is 26.9 Å². The van der Waals surface area contributed by atoms with Gasteiger partial charge in [0, 0.05) is 37.6 Å². The number of hydrogen-bond acceptors (Lipinski definition) is 2. The molecule has 0 radical (unpaired) electrons. The van der Waals surface area contributed by atoms with Gasteiger partial charge in [0.1, 0.15) is 5.82 Å². The number of benzene rings is 2. The van der Waals surface area contributed by atoms with Crippen molar-refractivity contribution in [3.8, 4) is 0 Å². The Balaban J connectivity index is 1.70. The van der Waals surface area contributed by atoms with Gasteiger partial charge >= 0.3 is 0 Å². The molecule has 0 aliphatic rings. The summed E-state index contributed by atoms with van der Waals surface area (Å²) >= 11 is 0. The van der Waals surface area contributed by atoms with E-state index in [0.29, 0.717) is 18.7 Å². The highest BCUT2D eigenvalue weighted by Gasteiger charge is 2.16. The highest BCUT2D eigenvalue weighted by molar-refractivity contribution is 5.94. The summed E-state index contributed by atoms with van der Waals surface area (Å²) in [6.45, 7) is 4.05. The van der Waals surface area contributed by atoms with Crippen molar-refractivity contribution < 1.29 is 9.18 Å². The topological polar surface area (TPSA) is 38.1 Å². The average Bonchev–Trinajstić information content (AvgIpc) is 3.22. The Morgan fingerprint density at radius 1 is 1.04 bits per heavy atom. The van der Waals surface area contributed by atoms with Gasteiger partial charge in [0.2, 0.25) is 0 Å². The molecule has 0 saturated carbocycles. The van der Waals surface area contributed by atoms with E-state index in [0.717, 1.165) is 36.9 Å². The molecule has 0 atom stereocenters. The van der Waals surface area contributed by atoms with Crippen LogP contribution in [0.15, 0.2) is 67.3 Å². The van der Waals surface area contributed by atoms with E-state index in [4.69, 9.17) is 0 Å². The second kappa shape index (κ2) is 9.83. The third kappa shape index (κ3) is 5.52. The summed E-state index contributed by atoms with van der Waals surface area (Å²) in [4.78, 5) is 19.0. The van der Waals surface area contributed by atoms with Crippen molar-refractivity contribution in [1.29, 1.82) is 0 Å². The lowest BCUT2D eigenvalue weighted by atomic mass is 10.1. The Labute approximate surface area is 165 Å². The summed E-state index contributed by atoms with van der Waals surface area (Å²) in [6, 6.07) is 14.1. The van der Waals surface area contributed by atoms with Crippen molar-refractivity contribution in [2.45, 2.75) is 39.3 Å². The van der Waals surface area contributed by atoms with Crippen LogP contribution in [0.4, 0.5) is 4.39 Å². The lowest BCUT2D eigenvalue weighted by Gasteiger charge is -2.23. The zero-order valence-corrected chi connectivity index (χ0v) is 16.2. The SMILES string of the molecule is CCCCCN(Cc1ccc(F)cc1)C(=O)c1ccc(Cn2ccnc2)cc1. The maximum Gasteiger partial charge on any atom is 0.254 e. The summed E-state index contributed by atoms with van der Waals surface area (Å²) in [7, 11) is 0. The predicted octanol–water partition coefficient (Wildman–Crippen LogP) is 4.90. The fraction of sp³-hybridized carbons (Fsp3) is 0.304. The molecule has 1 aromatic heterocycles. The smallest absolute Gasteiger partial charge is 0.254 e. The third-order valence-corrected chi connectivity index (χ3v) is 4.73. The summed E-state index contributed by atoms with van der Waals surface area (Å²) < 4.78 is 15.2. The van der Waals surface area contributed by atoms with E-state index in [2.05, 4.69) is 11.9 Å². The Hall–Kier alpha value is -2.95. The Kier molecular flexibility index (Phi) is 6.95. The Bertz CT molecular complexity index is 858. The van der Waals surface area contributed by atoms with Gasteiger partial charge in [-0.1, -0.05) is 44.0 Å². The van der Waals surface area contributed by atoms with Gasteiger partial charge in [0.25, 0.3) is 5.91 Å². The molecule has 0 unspecified atom stereocenters. The molecule has 0 bridgehead atoms. The van der Waals surface area contributed by atoms with Crippen molar-refractivity contribution in [2.75, 3.05) is 6.54 Å². The number of nitrogens with zero attached hydrogens (tertiary/aromatic N) is 3. The van der Waals surface area contributed by atoms with Gasteiger partial charge in [-0.2, -0.15) is 0 Å². The van der Waals surface area contributed by atoms with Crippen molar-refractivity contribution >= 4 is 5.91 Å². The second-order valence-electron chi connectivity index (χ2n) is 6.99. The molecule has 28 heavy (non-hydrogen) atoms. The highest BCUT2D eigenvalue weighted by Crippen LogP contribution is 2.14. The predicted molar refractivity (Wildman–Crippen MR) is 108 cm³/mol. The molecule has 4 nitrogen and oxygen atoms in total. The molecule has 3 aromatic rings. The summed E-state index contributed by atoms with van der Waals surface area (Å²) in [5.74, 6) is -0.254. The molecule has 0 aliphatic carbocycles. The van der Waals surface area contributed by atoms with Crippen LogP contribution in [0.5, 0.6) is 0 Å². The normalized spacial score (nSPS) is 10.8. The van der Waals surface area contributed by atoms with Gasteiger partial charge in [-0.25, -0.2) is 9.37 Å². The molecule has 0 aliphatic heterocycles. The molecular formula is C23H26FN3O. The number of imidazole rings is 1. The van der Waals surface area contributed by atoms with Gasteiger partial charge < -0.3 is 9.47 Å². The average molecular weight is 379 g/mol. The van der Waals surface area contributed by atoms with Crippen LogP contribution in [0.2, 0.25) is 0 Å². The van der Waals surface area contributed by atoms with E-state index in [1.165, 1.54) is 12.1 Å². The molecule has 0 N–H and O–H groups in total. The van der Waals surface area contributed by atoms with E-state index in [-0.39, 0.29) is 11.7 Å². The number of aromatic nitrogens is 2. The van der Waals surface area contributed by atoms with Crippen LogP contribution in [0.25, 0.3) is 0 Å². The lowest BCUT2D eigenvalue weighted by Crippen LogP contribution is -2.31. The number of carbonyl (C=O) groups is 1. The third-order valence-electron chi connectivity index (χ3n) is 4.73. The first-order valence-corrected chi connectivity index (χ1v) is 9.74. The van der Waals surface area contributed by atoms with Gasteiger partial charge in [-0.3, -0.25) is 4.79 Å². The number of carbonyl (C=O) groups excluding carboxylic acids is 1. The van der Waals surface area contributed by atoms with E-state index >= 15 is 0 Å². The van der Waals surface area contributed by atoms with Crippen molar-refractivity contribution in [2.24, 2.45) is 0 Å². The Morgan fingerprint density at radius 2 is 1.75 bits per heavy atom. The second-order valence-corrected chi connectivity index (χ2v) is 6.99. The van der Waals surface area contributed by atoms with E-state index < -0.39 is 0 Å². The van der Waals surface area contributed by atoms with Crippen LogP contribution in [0.1, 0.15) is 47.7 Å². The fourth-order valence-electron chi connectivity index (χ4n) is 3.14. The minimum atomic E-state index is -0.263. The molecule has 1 heterocycles. The molecule has 0 fully saturated rings. The number of hydrogen-bond donors (Lipinski definition) is 0. The molecule has 3 rings (SSSR count). The first kappa shape index (κ1) is 19.8. The lowest BCUT2D eigenvalue weighted by molar-refractivity contribution is 0.0740. The van der Waals surface area contributed by atoms with E-state index in [1.54, 1.807) is 24.7 Å².